The lowest BCUT2D eigenvalue weighted by atomic mass is 9.89. The number of nitrogens with zero attached hydrogens (tertiary/aromatic N) is 1. The van der Waals surface area contributed by atoms with E-state index in [1.165, 1.54) is 18.4 Å². The minimum atomic E-state index is -0.108. The molecule has 124 valence electrons. The molecule has 0 atom stereocenters. The fourth-order valence-corrected chi connectivity index (χ4v) is 3.80. The molecule has 2 N–H and O–H groups in total. The van der Waals surface area contributed by atoms with Gasteiger partial charge in [0.25, 0.3) is 0 Å². The van der Waals surface area contributed by atoms with E-state index in [0.717, 1.165) is 30.0 Å². The fourth-order valence-electron chi connectivity index (χ4n) is 3.49. The van der Waals surface area contributed by atoms with Crippen molar-refractivity contribution in [1.82, 2.24) is 10.3 Å². The topological polar surface area (TPSA) is 55.4 Å². The first kappa shape index (κ1) is 15.2. The minimum absolute atomic E-state index is 0.108. The SMILES string of the molecule is S=C(Nc1ccc2c(c1)OCO2)NC1(c2ccncc2)CCCC1. The van der Waals surface area contributed by atoms with Crippen molar-refractivity contribution in [3.8, 4) is 11.5 Å². The van der Waals surface area contributed by atoms with E-state index in [4.69, 9.17) is 21.7 Å². The van der Waals surface area contributed by atoms with Gasteiger partial charge in [-0.25, -0.2) is 0 Å². The van der Waals surface area contributed by atoms with Crippen LogP contribution < -0.4 is 20.1 Å². The summed E-state index contributed by atoms with van der Waals surface area (Å²) >= 11 is 5.56. The second-order valence-electron chi connectivity index (χ2n) is 6.17. The van der Waals surface area contributed by atoms with E-state index < -0.39 is 0 Å². The average molecular weight is 341 g/mol. The molecule has 2 heterocycles. The van der Waals surface area contributed by atoms with Gasteiger partial charge in [-0.2, -0.15) is 0 Å². The summed E-state index contributed by atoms with van der Waals surface area (Å²) in [5.41, 5.74) is 2.02. The van der Waals surface area contributed by atoms with Crippen LogP contribution in [0.5, 0.6) is 11.5 Å². The summed E-state index contributed by atoms with van der Waals surface area (Å²) in [5.74, 6) is 1.51. The Bertz CT molecular complexity index is 745. The quantitative estimate of drug-likeness (QED) is 0.833. The molecule has 0 amide bonds. The summed E-state index contributed by atoms with van der Waals surface area (Å²) in [5, 5.41) is 7.43. The monoisotopic (exact) mass is 341 g/mol. The maximum Gasteiger partial charge on any atom is 0.231 e. The molecule has 1 fully saturated rings. The van der Waals surface area contributed by atoms with Crippen molar-refractivity contribution >= 4 is 23.0 Å². The van der Waals surface area contributed by atoms with E-state index in [2.05, 4.69) is 27.8 Å². The number of benzene rings is 1. The molecule has 0 bridgehead atoms. The van der Waals surface area contributed by atoms with Crippen molar-refractivity contribution in [1.29, 1.82) is 0 Å². The Morgan fingerprint density at radius 3 is 2.58 bits per heavy atom. The van der Waals surface area contributed by atoms with E-state index in [0.29, 0.717) is 5.11 Å². The summed E-state index contributed by atoms with van der Waals surface area (Å²) in [4.78, 5) is 4.13. The highest BCUT2D eigenvalue weighted by atomic mass is 32.1. The van der Waals surface area contributed by atoms with Crippen LogP contribution in [0.15, 0.2) is 42.7 Å². The van der Waals surface area contributed by atoms with E-state index in [1.807, 2.05) is 30.6 Å². The van der Waals surface area contributed by atoms with Crippen molar-refractivity contribution in [3.05, 3.63) is 48.3 Å². The van der Waals surface area contributed by atoms with Crippen molar-refractivity contribution in [2.75, 3.05) is 12.1 Å². The summed E-state index contributed by atoms with van der Waals surface area (Å²) in [6.45, 7) is 0.270. The van der Waals surface area contributed by atoms with Crippen LogP contribution in [0.1, 0.15) is 31.2 Å². The molecule has 1 saturated carbocycles. The Morgan fingerprint density at radius 2 is 1.79 bits per heavy atom. The molecule has 0 unspecified atom stereocenters. The number of hydrogen-bond donors (Lipinski definition) is 2. The van der Waals surface area contributed by atoms with Crippen molar-refractivity contribution in [2.45, 2.75) is 31.2 Å². The maximum absolute atomic E-state index is 5.56. The molecule has 1 aromatic carbocycles. The Balaban J connectivity index is 1.50. The number of ether oxygens (including phenoxy) is 2. The third kappa shape index (κ3) is 2.89. The van der Waals surface area contributed by atoms with Crippen molar-refractivity contribution in [2.24, 2.45) is 0 Å². The van der Waals surface area contributed by atoms with Crippen molar-refractivity contribution in [3.63, 3.8) is 0 Å². The predicted octanol–water partition coefficient (Wildman–Crippen LogP) is 3.57. The molecule has 1 aromatic heterocycles. The molecular weight excluding hydrogens is 322 g/mol. The third-order valence-electron chi connectivity index (χ3n) is 4.67. The molecule has 5 nitrogen and oxygen atoms in total. The van der Waals surface area contributed by atoms with Gasteiger partial charge in [0.05, 0.1) is 5.54 Å². The van der Waals surface area contributed by atoms with Crippen LogP contribution in [0.25, 0.3) is 0 Å². The van der Waals surface area contributed by atoms with E-state index in [9.17, 15) is 0 Å². The van der Waals surface area contributed by atoms with Gasteiger partial charge in [-0.05, 0) is 54.9 Å². The van der Waals surface area contributed by atoms with E-state index in [1.54, 1.807) is 0 Å². The molecule has 1 aliphatic heterocycles. The minimum Gasteiger partial charge on any atom is -0.454 e. The molecule has 2 aromatic rings. The predicted molar refractivity (Wildman–Crippen MR) is 96.3 cm³/mol. The van der Waals surface area contributed by atoms with Crippen LogP contribution >= 0.6 is 12.2 Å². The first-order valence-electron chi connectivity index (χ1n) is 8.15. The molecule has 0 spiro atoms. The number of anilines is 1. The highest BCUT2D eigenvalue weighted by Gasteiger charge is 2.36. The standard InChI is InChI=1S/C18H19N3O2S/c24-17(20-14-3-4-15-16(11-14)23-12-22-15)21-18(7-1-2-8-18)13-5-9-19-10-6-13/h3-6,9-11H,1-2,7-8,12H2,(H2,20,21,24). The molecule has 4 rings (SSSR count). The number of pyridine rings is 1. The molecule has 2 aliphatic rings. The van der Waals surface area contributed by atoms with Crippen LogP contribution in [0.2, 0.25) is 0 Å². The Kier molecular flexibility index (Phi) is 3.98. The number of nitrogens with one attached hydrogen (secondary N) is 2. The summed E-state index contributed by atoms with van der Waals surface area (Å²) in [7, 11) is 0. The molecule has 1 aliphatic carbocycles. The second kappa shape index (κ2) is 6.28. The molecule has 6 heteroatoms. The van der Waals surface area contributed by atoms with Gasteiger partial charge in [0.2, 0.25) is 6.79 Å². The highest BCUT2D eigenvalue weighted by Crippen LogP contribution is 2.39. The first-order valence-corrected chi connectivity index (χ1v) is 8.55. The molecule has 24 heavy (non-hydrogen) atoms. The van der Waals surface area contributed by atoms with Gasteiger partial charge in [0.1, 0.15) is 0 Å². The first-order chi connectivity index (χ1) is 11.8. The number of fused-ring (bicyclic) bond motifs is 1. The van der Waals surface area contributed by atoms with Gasteiger partial charge in [-0.3, -0.25) is 4.98 Å². The van der Waals surface area contributed by atoms with Crippen LogP contribution in [0, 0.1) is 0 Å². The van der Waals surface area contributed by atoms with Gasteiger partial charge in [-0.15, -0.1) is 0 Å². The summed E-state index contributed by atoms with van der Waals surface area (Å²) < 4.78 is 10.7. The zero-order valence-electron chi connectivity index (χ0n) is 13.2. The Morgan fingerprint density at radius 1 is 1.04 bits per heavy atom. The summed E-state index contributed by atoms with van der Waals surface area (Å²) in [6, 6.07) is 9.88. The van der Waals surface area contributed by atoms with Crippen LogP contribution in [0.4, 0.5) is 5.69 Å². The number of rotatable bonds is 3. The lowest BCUT2D eigenvalue weighted by Gasteiger charge is -2.32. The maximum atomic E-state index is 5.56. The van der Waals surface area contributed by atoms with Gasteiger partial charge in [0.15, 0.2) is 16.6 Å². The molecule has 0 radical (unpaired) electrons. The number of aromatic nitrogens is 1. The Hall–Kier alpha value is -2.34. The average Bonchev–Trinajstić information content (AvgIpc) is 3.25. The fraction of sp³-hybridized carbons (Fsp3) is 0.333. The van der Waals surface area contributed by atoms with Crippen molar-refractivity contribution < 1.29 is 9.47 Å². The van der Waals surface area contributed by atoms with Gasteiger partial charge >= 0.3 is 0 Å². The number of hydrogen-bond acceptors (Lipinski definition) is 4. The van der Waals surface area contributed by atoms with Gasteiger partial charge in [-0.1, -0.05) is 12.8 Å². The van der Waals surface area contributed by atoms with Crippen LogP contribution in [-0.4, -0.2) is 16.9 Å². The van der Waals surface area contributed by atoms with Crippen LogP contribution in [-0.2, 0) is 5.54 Å². The van der Waals surface area contributed by atoms with Gasteiger partial charge in [0, 0.05) is 24.1 Å². The lowest BCUT2D eigenvalue weighted by Crippen LogP contribution is -2.45. The lowest BCUT2D eigenvalue weighted by molar-refractivity contribution is 0.174. The second-order valence-corrected chi connectivity index (χ2v) is 6.58. The highest BCUT2D eigenvalue weighted by molar-refractivity contribution is 7.80. The normalized spacial score (nSPS) is 17.5. The largest absolute Gasteiger partial charge is 0.454 e. The summed E-state index contributed by atoms with van der Waals surface area (Å²) in [6.07, 6.45) is 8.21. The van der Waals surface area contributed by atoms with E-state index in [-0.39, 0.29) is 12.3 Å². The molecule has 0 saturated heterocycles. The molecular formula is C18H19N3O2S. The number of thiocarbonyl (C=S) groups is 1. The third-order valence-corrected chi connectivity index (χ3v) is 4.88. The van der Waals surface area contributed by atoms with Gasteiger partial charge < -0.3 is 20.1 Å². The van der Waals surface area contributed by atoms with Crippen LogP contribution in [0.3, 0.4) is 0 Å². The zero-order valence-corrected chi connectivity index (χ0v) is 14.1. The Labute approximate surface area is 146 Å². The smallest absolute Gasteiger partial charge is 0.231 e. The zero-order chi connectivity index (χ0) is 16.4. The van der Waals surface area contributed by atoms with E-state index >= 15 is 0 Å².